The number of nitrogens with one attached hydrogen (secondary N) is 1. The van der Waals surface area contributed by atoms with Gasteiger partial charge in [0.15, 0.2) is 5.82 Å². The van der Waals surface area contributed by atoms with Gasteiger partial charge >= 0.3 is 0 Å². The zero-order valence-electron chi connectivity index (χ0n) is 16.9. The Balaban J connectivity index is 1.49. The zero-order chi connectivity index (χ0) is 20.4. The SMILES string of the molecule is CC(C)(C)NC1CCN(c2ncc(-c3ccc(-c4ncccn4)cc3O)nn2)C1. The molecule has 8 heteroatoms. The van der Waals surface area contributed by atoms with Gasteiger partial charge in [-0.05, 0) is 45.4 Å². The van der Waals surface area contributed by atoms with Crippen LogP contribution in [0.1, 0.15) is 27.2 Å². The summed E-state index contributed by atoms with van der Waals surface area (Å²) in [5.74, 6) is 1.26. The Bertz CT molecular complexity index is 971. The van der Waals surface area contributed by atoms with E-state index < -0.39 is 0 Å². The summed E-state index contributed by atoms with van der Waals surface area (Å²) in [6, 6.07) is 7.43. The highest BCUT2D eigenvalue weighted by molar-refractivity contribution is 5.71. The maximum absolute atomic E-state index is 10.5. The molecule has 1 aromatic carbocycles. The number of benzene rings is 1. The van der Waals surface area contributed by atoms with Crippen LogP contribution in [-0.2, 0) is 0 Å². The van der Waals surface area contributed by atoms with Gasteiger partial charge in [-0.3, -0.25) is 0 Å². The fraction of sp³-hybridized carbons (Fsp3) is 0.381. The van der Waals surface area contributed by atoms with Crippen molar-refractivity contribution in [2.45, 2.75) is 38.8 Å². The van der Waals surface area contributed by atoms with Crippen LogP contribution < -0.4 is 10.2 Å². The molecule has 4 rings (SSSR count). The van der Waals surface area contributed by atoms with Gasteiger partial charge in [0.25, 0.3) is 0 Å². The molecule has 3 heterocycles. The molecular weight excluding hydrogens is 366 g/mol. The number of aromatic nitrogens is 5. The highest BCUT2D eigenvalue weighted by Gasteiger charge is 2.27. The molecule has 0 spiro atoms. The summed E-state index contributed by atoms with van der Waals surface area (Å²) in [6.07, 6.45) is 6.04. The molecule has 1 saturated heterocycles. The molecule has 1 unspecified atom stereocenters. The molecule has 1 aliphatic heterocycles. The third-order valence-corrected chi connectivity index (χ3v) is 4.76. The van der Waals surface area contributed by atoms with Gasteiger partial charge in [0.2, 0.25) is 5.95 Å². The van der Waals surface area contributed by atoms with E-state index in [1.807, 2.05) is 6.07 Å². The van der Waals surface area contributed by atoms with Crippen molar-refractivity contribution in [2.24, 2.45) is 0 Å². The monoisotopic (exact) mass is 391 g/mol. The molecule has 0 aliphatic carbocycles. The maximum atomic E-state index is 10.5. The molecule has 1 aliphatic rings. The molecule has 3 aromatic rings. The Morgan fingerprint density at radius 1 is 1.10 bits per heavy atom. The lowest BCUT2D eigenvalue weighted by molar-refractivity contribution is 0.373. The molecule has 150 valence electrons. The first-order valence-electron chi connectivity index (χ1n) is 9.72. The molecule has 1 atom stereocenters. The first-order chi connectivity index (χ1) is 13.9. The molecule has 1 fully saturated rings. The van der Waals surface area contributed by atoms with Crippen LogP contribution in [0, 0.1) is 0 Å². The number of hydrogen-bond acceptors (Lipinski definition) is 8. The predicted octanol–water partition coefficient (Wildman–Crippen LogP) is 2.67. The zero-order valence-corrected chi connectivity index (χ0v) is 16.9. The molecule has 0 radical (unpaired) electrons. The van der Waals surface area contributed by atoms with E-state index in [0.717, 1.165) is 25.1 Å². The van der Waals surface area contributed by atoms with E-state index in [1.165, 1.54) is 0 Å². The quantitative estimate of drug-likeness (QED) is 0.700. The Morgan fingerprint density at radius 3 is 2.55 bits per heavy atom. The molecule has 29 heavy (non-hydrogen) atoms. The first kappa shape index (κ1) is 19.2. The van der Waals surface area contributed by atoms with E-state index in [0.29, 0.717) is 29.1 Å². The van der Waals surface area contributed by atoms with Crippen molar-refractivity contribution in [2.75, 3.05) is 18.0 Å². The van der Waals surface area contributed by atoms with Crippen LogP contribution in [0.4, 0.5) is 5.95 Å². The van der Waals surface area contributed by atoms with Crippen LogP contribution in [-0.4, -0.2) is 54.9 Å². The summed E-state index contributed by atoms with van der Waals surface area (Å²) in [7, 11) is 0. The van der Waals surface area contributed by atoms with E-state index >= 15 is 0 Å². The summed E-state index contributed by atoms with van der Waals surface area (Å²) in [4.78, 5) is 15.0. The number of aromatic hydroxyl groups is 1. The Hall–Kier alpha value is -3.13. The average molecular weight is 391 g/mol. The third-order valence-electron chi connectivity index (χ3n) is 4.76. The van der Waals surface area contributed by atoms with E-state index in [2.05, 4.69) is 56.1 Å². The van der Waals surface area contributed by atoms with Gasteiger partial charge in [0.1, 0.15) is 11.4 Å². The Kier molecular flexibility index (Phi) is 5.10. The lowest BCUT2D eigenvalue weighted by Gasteiger charge is -2.25. The number of nitrogens with zero attached hydrogens (tertiary/aromatic N) is 6. The predicted molar refractivity (Wildman–Crippen MR) is 111 cm³/mol. The van der Waals surface area contributed by atoms with E-state index in [-0.39, 0.29) is 11.3 Å². The molecular formula is C21H25N7O. The van der Waals surface area contributed by atoms with Crippen LogP contribution in [0.5, 0.6) is 5.75 Å². The number of rotatable bonds is 4. The van der Waals surface area contributed by atoms with E-state index in [1.54, 1.807) is 36.8 Å². The molecule has 0 bridgehead atoms. The minimum atomic E-state index is 0.0815. The van der Waals surface area contributed by atoms with Gasteiger partial charge < -0.3 is 15.3 Å². The van der Waals surface area contributed by atoms with Gasteiger partial charge in [0.05, 0.1) is 6.20 Å². The maximum Gasteiger partial charge on any atom is 0.245 e. The lowest BCUT2D eigenvalue weighted by atomic mass is 10.1. The standard InChI is InChI=1S/C21H25N7O/c1-21(2,3)25-15-7-10-28(13-15)20-24-12-17(26-27-20)16-6-5-14(11-18(16)29)19-22-8-4-9-23-19/h4-6,8-9,11-12,15,25,29H,7,10,13H2,1-3H3. The second kappa shape index (κ2) is 7.71. The fourth-order valence-corrected chi connectivity index (χ4v) is 3.55. The molecule has 8 nitrogen and oxygen atoms in total. The van der Waals surface area contributed by atoms with Gasteiger partial charge in [-0.2, -0.15) is 0 Å². The van der Waals surface area contributed by atoms with Gasteiger partial charge in [-0.15, -0.1) is 10.2 Å². The second-order valence-corrected chi connectivity index (χ2v) is 8.27. The van der Waals surface area contributed by atoms with Crippen molar-refractivity contribution in [3.63, 3.8) is 0 Å². The molecule has 2 N–H and O–H groups in total. The minimum absolute atomic E-state index is 0.0815. The average Bonchev–Trinajstić information content (AvgIpc) is 3.15. The van der Waals surface area contributed by atoms with Crippen molar-refractivity contribution in [3.8, 4) is 28.4 Å². The largest absolute Gasteiger partial charge is 0.507 e. The summed E-state index contributed by atoms with van der Waals surface area (Å²) in [6.45, 7) is 8.26. The Labute approximate surface area is 170 Å². The van der Waals surface area contributed by atoms with Crippen molar-refractivity contribution in [1.82, 2.24) is 30.5 Å². The third kappa shape index (κ3) is 4.48. The lowest BCUT2D eigenvalue weighted by Crippen LogP contribution is -2.45. The number of anilines is 1. The van der Waals surface area contributed by atoms with Crippen LogP contribution in [0.3, 0.4) is 0 Å². The van der Waals surface area contributed by atoms with Gasteiger partial charge in [0, 0.05) is 48.2 Å². The minimum Gasteiger partial charge on any atom is -0.507 e. The highest BCUT2D eigenvalue weighted by atomic mass is 16.3. The van der Waals surface area contributed by atoms with Crippen molar-refractivity contribution >= 4 is 5.95 Å². The van der Waals surface area contributed by atoms with Crippen LogP contribution >= 0.6 is 0 Å². The number of phenols is 1. The topological polar surface area (TPSA) is 100.0 Å². The fourth-order valence-electron chi connectivity index (χ4n) is 3.55. The van der Waals surface area contributed by atoms with Crippen LogP contribution in [0.15, 0.2) is 42.9 Å². The molecule has 0 saturated carbocycles. The van der Waals surface area contributed by atoms with Crippen molar-refractivity contribution in [3.05, 3.63) is 42.9 Å². The van der Waals surface area contributed by atoms with Gasteiger partial charge in [-0.1, -0.05) is 6.07 Å². The number of hydrogen-bond donors (Lipinski definition) is 2. The van der Waals surface area contributed by atoms with Crippen LogP contribution in [0.2, 0.25) is 0 Å². The Morgan fingerprint density at radius 2 is 1.90 bits per heavy atom. The molecule has 0 amide bonds. The second-order valence-electron chi connectivity index (χ2n) is 8.27. The normalized spacial score (nSPS) is 16.9. The smallest absolute Gasteiger partial charge is 0.245 e. The number of phenolic OH excluding ortho intramolecular Hbond substituents is 1. The summed E-state index contributed by atoms with van der Waals surface area (Å²) >= 11 is 0. The van der Waals surface area contributed by atoms with E-state index in [9.17, 15) is 5.11 Å². The van der Waals surface area contributed by atoms with Crippen molar-refractivity contribution < 1.29 is 5.11 Å². The summed E-state index contributed by atoms with van der Waals surface area (Å²) < 4.78 is 0. The van der Waals surface area contributed by atoms with Crippen molar-refractivity contribution in [1.29, 1.82) is 0 Å². The highest BCUT2D eigenvalue weighted by Crippen LogP contribution is 2.31. The summed E-state index contributed by atoms with van der Waals surface area (Å²) in [5.41, 5.74) is 1.91. The van der Waals surface area contributed by atoms with Crippen LogP contribution in [0.25, 0.3) is 22.6 Å². The van der Waals surface area contributed by atoms with Gasteiger partial charge in [-0.25, -0.2) is 15.0 Å². The van der Waals surface area contributed by atoms with E-state index in [4.69, 9.17) is 0 Å². The first-order valence-corrected chi connectivity index (χ1v) is 9.72. The molecule has 2 aromatic heterocycles. The summed E-state index contributed by atoms with van der Waals surface area (Å²) in [5, 5.41) is 22.7.